The molecule has 0 saturated carbocycles. The summed E-state index contributed by atoms with van der Waals surface area (Å²) >= 11 is 0. The highest BCUT2D eigenvalue weighted by Crippen LogP contribution is 2.13. The molecule has 126 valence electrons. The van der Waals surface area contributed by atoms with E-state index in [-0.39, 0.29) is 17.9 Å². The van der Waals surface area contributed by atoms with Crippen molar-refractivity contribution in [2.45, 2.75) is 32.9 Å². The van der Waals surface area contributed by atoms with Crippen LogP contribution in [0.5, 0.6) is 0 Å². The van der Waals surface area contributed by atoms with E-state index in [9.17, 15) is 9.59 Å². The maximum atomic E-state index is 12.2. The molecule has 0 radical (unpaired) electrons. The van der Waals surface area contributed by atoms with Crippen LogP contribution < -0.4 is 16.4 Å². The minimum absolute atomic E-state index is 0.0842. The van der Waals surface area contributed by atoms with E-state index >= 15 is 0 Å². The fraction of sp³-hybridized carbons (Fsp3) is 0.263. The quantitative estimate of drug-likeness (QED) is 0.763. The minimum atomic E-state index is -0.162. The average molecular weight is 325 g/mol. The highest BCUT2D eigenvalue weighted by molar-refractivity contribution is 6.04. The van der Waals surface area contributed by atoms with Crippen LogP contribution in [0.15, 0.2) is 48.5 Å². The van der Waals surface area contributed by atoms with Crippen LogP contribution in [0.4, 0.5) is 5.69 Å². The SMILES string of the molecule is Cc1ccc(C(=O)Nc2cccc(CNC(=O)CC(C)N)c2)cc1. The lowest BCUT2D eigenvalue weighted by atomic mass is 10.1. The summed E-state index contributed by atoms with van der Waals surface area (Å²) in [4.78, 5) is 23.9. The van der Waals surface area contributed by atoms with E-state index in [4.69, 9.17) is 5.73 Å². The Morgan fingerprint density at radius 1 is 1.12 bits per heavy atom. The molecule has 0 aromatic heterocycles. The van der Waals surface area contributed by atoms with Crippen molar-refractivity contribution in [3.8, 4) is 0 Å². The molecule has 0 aliphatic rings. The highest BCUT2D eigenvalue weighted by Gasteiger charge is 2.07. The summed E-state index contributed by atoms with van der Waals surface area (Å²) in [5.41, 5.74) is 8.92. The maximum Gasteiger partial charge on any atom is 0.255 e. The normalized spacial score (nSPS) is 11.6. The highest BCUT2D eigenvalue weighted by atomic mass is 16.2. The standard InChI is InChI=1S/C19H23N3O2/c1-13-6-8-16(9-7-13)19(24)22-17-5-3-4-15(11-17)12-21-18(23)10-14(2)20/h3-9,11,14H,10,12,20H2,1-2H3,(H,21,23)(H,22,24). The zero-order chi connectivity index (χ0) is 17.5. The first-order chi connectivity index (χ1) is 11.4. The van der Waals surface area contributed by atoms with E-state index in [1.54, 1.807) is 19.1 Å². The van der Waals surface area contributed by atoms with Crippen LogP contribution in [-0.2, 0) is 11.3 Å². The van der Waals surface area contributed by atoms with Crippen LogP contribution in [0.1, 0.15) is 34.8 Å². The lowest BCUT2D eigenvalue weighted by molar-refractivity contribution is -0.121. The van der Waals surface area contributed by atoms with Crippen molar-refractivity contribution in [1.82, 2.24) is 5.32 Å². The Kier molecular flexibility index (Phi) is 6.09. The van der Waals surface area contributed by atoms with Gasteiger partial charge in [0.15, 0.2) is 0 Å². The van der Waals surface area contributed by atoms with Crippen LogP contribution in [0.2, 0.25) is 0 Å². The first kappa shape index (κ1) is 17.7. The van der Waals surface area contributed by atoms with Crippen molar-refractivity contribution in [2.24, 2.45) is 5.73 Å². The van der Waals surface area contributed by atoms with Gasteiger partial charge in [-0.3, -0.25) is 9.59 Å². The molecule has 4 N–H and O–H groups in total. The van der Waals surface area contributed by atoms with Crippen molar-refractivity contribution in [3.05, 3.63) is 65.2 Å². The molecule has 1 unspecified atom stereocenters. The zero-order valence-corrected chi connectivity index (χ0v) is 14.0. The summed E-state index contributed by atoms with van der Waals surface area (Å²) in [6.07, 6.45) is 0.295. The number of amides is 2. The number of nitrogens with one attached hydrogen (secondary N) is 2. The van der Waals surface area contributed by atoms with Gasteiger partial charge in [0.25, 0.3) is 5.91 Å². The molecule has 0 fully saturated rings. The summed E-state index contributed by atoms with van der Waals surface area (Å²) in [6.45, 7) is 4.17. The van der Waals surface area contributed by atoms with Gasteiger partial charge in [0, 0.05) is 30.3 Å². The summed E-state index contributed by atoms with van der Waals surface area (Å²) in [5.74, 6) is -0.243. The Morgan fingerprint density at radius 3 is 2.50 bits per heavy atom. The summed E-state index contributed by atoms with van der Waals surface area (Å²) in [5, 5.41) is 5.68. The molecule has 2 amide bonds. The van der Waals surface area contributed by atoms with Gasteiger partial charge in [-0.15, -0.1) is 0 Å². The summed E-state index contributed by atoms with van der Waals surface area (Å²) in [7, 11) is 0. The monoisotopic (exact) mass is 325 g/mol. The minimum Gasteiger partial charge on any atom is -0.352 e. The average Bonchev–Trinajstić information content (AvgIpc) is 2.53. The van der Waals surface area contributed by atoms with E-state index in [1.165, 1.54) is 0 Å². The largest absolute Gasteiger partial charge is 0.352 e. The number of aryl methyl sites for hydroxylation is 1. The van der Waals surface area contributed by atoms with Crippen LogP contribution in [-0.4, -0.2) is 17.9 Å². The van der Waals surface area contributed by atoms with Crippen molar-refractivity contribution < 1.29 is 9.59 Å². The van der Waals surface area contributed by atoms with Gasteiger partial charge in [-0.25, -0.2) is 0 Å². The number of carbonyl (C=O) groups excluding carboxylic acids is 2. The second-order valence-electron chi connectivity index (χ2n) is 5.98. The number of anilines is 1. The fourth-order valence-electron chi connectivity index (χ4n) is 2.23. The molecule has 24 heavy (non-hydrogen) atoms. The lowest BCUT2D eigenvalue weighted by Gasteiger charge is -2.10. The molecule has 2 rings (SSSR count). The fourth-order valence-corrected chi connectivity index (χ4v) is 2.23. The molecule has 2 aromatic carbocycles. The Labute approximate surface area is 142 Å². The third-order valence-corrected chi connectivity index (χ3v) is 3.50. The van der Waals surface area contributed by atoms with Crippen molar-refractivity contribution in [2.75, 3.05) is 5.32 Å². The van der Waals surface area contributed by atoms with Gasteiger partial charge in [0.1, 0.15) is 0 Å². The number of nitrogens with two attached hydrogens (primary N) is 1. The molecule has 0 saturated heterocycles. The molecule has 0 aliphatic carbocycles. The Morgan fingerprint density at radius 2 is 1.83 bits per heavy atom. The van der Waals surface area contributed by atoms with E-state index in [1.807, 2.05) is 43.3 Å². The van der Waals surface area contributed by atoms with Crippen LogP contribution in [0.25, 0.3) is 0 Å². The molecular weight excluding hydrogens is 302 g/mol. The van der Waals surface area contributed by atoms with Gasteiger partial charge in [0.05, 0.1) is 0 Å². The number of hydrogen-bond acceptors (Lipinski definition) is 3. The van der Waals surface area contributed by atoms with Gasteiger partial charge in [-0.2, -0.15) is 0 Å². The smallest absolute Gasteiger partial charge is 0.255 e. The lowest BCUT2D eigenvalue weighted by Crippen LogP contribution is -2.29. The van der Waals surface area contributed by atoms with E-state index < -0.39 is 0 Å². The van der Waals surface area contributed by atoms with Crippen LogP contribution >= 0.6 is 0 Å². The molecule has 0 heterocycles. The molecule has 5 nitrogen and oxygen atoms in total. The molecule has 2 aromatic rings. The van der Waals surface area contributed by atoms with E-state index in [2.05, 4.69) is 10.6 Å². The first-order valence-corrected chi connectivity index (χ1v) is 7.93. The molecule has 0 bridgehead atoms. The maximum absolute atomic E-state index is 12.2. The Bertz CT molecular complexity index is 709. The van der Waals surface area contributed by atoms with Gasteiger partial charge >= 0.3 is 0 Å². The first-order valence-electron chi connectivity index (χ1n) is 7.93. The third kappa shape index (κ3) is 5.52. The zero-order valence-electron chi connectivity index (χ0n) is 14.0. The number of benzene rings is 2. The second-order valence-corrected chi connectivity index (χ2v) is 5.98. The van der Waals surface area contributed by atoms with Crippen molar-refractivity contribution >= 4 is 17.5 Å². The third-order valence-electron chi connectivity index (χ3n) is 3.50. The molecular formula is C19H23N3O2. The predicted molar refractivity (Wildman–Crippen MR) is 95.7 cm³/mol. The van der Waals surface area contributed by atoms with E-state index in [0.717, 1.165) is 11.1 Å². The molecule has 1 atom stereocenters. The van der Waals surface area contributed by atoms with Crippen LogP contribution in [0, 0.1) is 6.92 Å². The summed E-state index contributed by atoms with van der Waals surface area (Å²) < 4.78 is 0. The molecule has 0 spiro atoms. The predicted octanol–water partition coefficient (Wildman–Crippen LogP) is 2.60. The van der Waals surface area contributed by atoms with Crippen LogP contribution in [0.3, 0.4) is 0 Å². The molecule has 5 heteroatoms. The topological polar surface area (TPSA) is 84.2 Å². The molecule has 0 aliphatic heterocycles. The van der Waals surface area contributed by atoms with Gasteiger partial charge in [-0.05, 0) is 43.7 Å². The van der Waals surface area contributed by atoms with Gasteiger partial charge in [-0.1, -0.05) is 29.8 Å². The Balaban J connectivity index is 1.96. The van der Waals surface area contributed by atoms with Crippen molar-refractivity contribution in [1.29, 1.82) is 0 Å². The summed E-state index contributed by atoms with van der Waals surface area (Å²) in [6, 6.07) is 14.6. The second kappa shape index (κ2) is 8.26. The number of hydrogen-bond donors (Lipinski definition) is 3. The van der Waals surface area contributed by atoms with Gasteiger partial charge in [0.2, 0.25) is 5.91 Å². The van der Waals surface area contributed by atoms with Crippen molar-refractivity contribution in [3.63, 3.8) is 0 Å². The van der Waals surface area contributed by atoms with Gasteiger partial charge < -0.3 is 16.4 Å². The number of rotatable bonds is 6. The van der Waals surface area contributed by atoms with E-state index in [0.29, 0.717) is 24.2 Å². The number of carbonyl (C=O) groups is 2. The Hall–Kier alpha value is -2.66.